The minimum absolute atomic E-state index is 0.00651. The van der Waals surface area contributed by atoms with E-state index >= 15 is 8.78 Å². The van der Waals surface area contributed by atoms with Crippen molar-refractivity contribution in [1.82, 2.24) is 20.1 Å². The zero-order valence-electron chi connectivity index (χ0n) is 23.7. The summed E-state index contributed by atoms with van der Waals surface area (Å²) in [6, 6.07) is 7.02. The van der Waals surface area contributed by atoms with Gasteiger partial charge in [-0.2, -0.15) is 5.10 Å². The second-order valence-electron chi connectivity index (χ2n) is 11.3. The van der Waals surface area contributed by atoms with Crippen molar-refractivity contribution in [3.8, 4) is 17.0 Å². The molecule has 2 heterocycles. The van der Waals surface area contributed by atoms with Crippen LogP contribution >= 0.6 is 23.2 Å². The van der Waals surface area contributed by atoms with Gasteiger partial charge in [-0.05, 0) is 68.9 Å². The van der Waals surface area contributed by atoms with E-state index in [1.54, 1.807) is 13.0 Å². The molecule has 2 saturated carbocycles. The van der Waals surface area contributed by atoms with Gasteiger partial charge >= 0.3 is 0 Å². The van der Waals surface area contributed by atoms with Gasteiger partial charge in [-0.3, -0.25) is 14.3 Å². The summed E-state index contributed by atoms with van der Waals surface area (Å²) in [7, 11) is 0. The van der Waals surface area contributed by atoms with Crippen LogP contribution < -0.4 is 15.8 Å². The largest absolute Gasteiger partial charge is 0.491 e. The Morgan fingerprint density at radius 1 is 1.16 bits per heavy atom. The highest BCUT2D eigenvalue weighted by Gasteiger charge is 2.47. The first-order valence-corrected chi connectivity index (χ1v) is 15.0. The third-order valence-electron chi connectivity index (χ3n) is 7.96. The molecule has 6 rings (SSSR count). The molecule has 0 saturated heterocycles. The lowest BCUT2D eigenvalue weighted by Gasteiger charge is -2.30. The molecule has 44 heavy (non-hydrogen) atoms. The lowest BCUT2D eigenvalue weighted by Crippen LogP contribution is -2.43. The Morgan fingerprint density at radius 2 is 1.91 bits per heavy atom. The van der Waals surface area contributed by atoms with Crippen LogP contribution in [-0.2, 0) is 16.8 Å². The molecule has 4 N–H and O–H groups in total. The third kappa shape index (κ3) is 5.71. The maximum Gasteiger partial charge on any atom is 0.251 e. The van der Waals surface area contributed by atoms with Crippen molar-refractivity contribution in [3.63, 3.8) is 0 Å². The molecule has 0 radical (unpaired) electrons. The lowest BCUT2D eigenvalue weighted by molar-refractivity contribution is -0.117. The minimum Gasteiger partial charge on any atom is -0.491 e. The van der Waals surface area contributed by atoms with Crippen LogP contribution in [0.4, 0.5) is 8.78 Å². The van der Waals surface area contributed by atoms with E-state index in [1.807, 2.05) is 10.9 Å². The summed E-state index contributed by atoms with van der Waals surface area (Å²) in [5, 5.41) is 20.1. The number of aliphatic hydroxyl groups is 1. The van der Waals surface area contributed by atoms with Gasteiger partial charge < -0.3 is 20.9 Å². The summed E-state index contributed by atoms with van der Waals surface area (Å²) < 4.78 is 38.0. The molecule has 0 unspecified atom stereocenters. The highest BCUT2D eigenvalue weighted by molar-refractivity contribution is 6.35. The topological polar surface area (TPSA) is 132 Å². The number of carbonyl (C=O) groups is 2. The molecule has 2 aromatic carbocycles. The van der Waals surface area contributed by atoms with E-state index in [4.69, 9.17) is 33.7 Å². The predicted octanol–water partition coefficient (Wildman–Crippen LogP) is 5.47. The number of amides is 2. The molecule has 0 aliphatic heterocycles. The number of aromatic nitrogens is 3. The molecule has 1 atom stereocenters. The van der Waals surface area contributed by atoms with Crippen LogP contribution in [0.25, 0.3) is 22.2 Å². The van der Waals surface area contributed by atoms with E-state index in [9.17, 15) is 14.7 Å². The maximum absolute atomic E-state index is 15.3. The van der Waals surface area contributed by atoms with Crippen LogP contribution in [0.2, 0.25) is 10.0 Å². The molecule has 2 aliphatic carbocycles. The molecule has 230 valence electrons. The summed E-state index contributed by atoms with van der Waals surface area (Å²) >= 11 is 12.5. The van der Waals surface area contributed by atoms with Crippen molar-refractivity contribution in [2.75, 3.05) is 13.2 Å². The van der Waals surface area contributed by atoms with Crippen molar-refractivity contribution in [1.29, 1.82) is 0 Å². The number of carbonyl (C=O) groups excluding carboxylic acids is 2. The van der Waals surface area contributed by atoms with Gasteiger partial charge in [-0.1, -0.05) is 23.2 Å². The number of primary amides is 1. The molecule has 2 aliphatic rings. The summed E-state index contributed by atoms with van der Waals surface area (Å²) in [6.07, 6.45) is 4.80. The molecule has 9 nitrogen and oxygen atoms in total. The van der Waals surface area contributed by atoms with E-state index < -0.39 is 34.6 Å². The van der Waals surface area contributed by atoms with Crippen molar-refractivity contribution in [3.05, 3.63) is 75.0 Å². The van der Waals surface area contributed by atoms with Crippen LogP contribution in [0.15, 0.2) is 36.5 Å². The minimum atomic E-state index is -1.77. The Kier molecular flexibility index (Phi) is 7.98. The number of halogens is 4. The Balaban J connectivity index is 1.39. The standard InChI is InChI=1S/C31H29Cl2F2N5O4/c1-2-44-29-15(12-24(36)41)11-23(38-28(29)25-22(34)8-7-20(32)26(25)35)31(43,18-3-4-18)14-37-30(42)16-9-17-13-40(19-5-6-19)39-27(17)21(33)10-16/h7-11,13,18-19,43H,2-6,12,14H2,1H3,(H2,36,41)(H,37,42)/t31-/m1/s1. The molecule has 4 aromatic rings. The number of hydrogen-bond donors (Lipinski definition) is 3. The SMILES string of the molecule is CCOc1c(CC(N)=O)cc([C@@](O)(CNC(=O)c2cc(Cl)c3nn(C4CC4)cc3c2)C2CC2)nc1-c1c(F)ccc(Cl)c1F. The number of hydrogen-bond acceptors (Lipinski definition) is 6. The van der Waals surface area contributed by atoms with Gasteiger partial charge in [0.05, 0.1) is 46.9 Å². The Labute approximate surface area is 261 Å². The van der Waals surface area contributed by atoms with Gasteiger partial charge in [0.15, 0.2) is 5.82 Å². The van der Waals surface area contributed by atoms with Gasteiger partial charge in [-0.15, -0.1) is 0 Å². The molecular weight excluding hydrogens is 615 g/mol. The molecule has 2 amide bonds. The number of nitrogens with zero attached hydrogens (tertiary/aromatic N) is 3. The van der Waals surface area contributed by atoms with Crippen LogP contribution in [0.3, 0.4) is 0 Å². The number of nitrogens with one attached hydrogen (secondary N) is 1. The average molecular weight is 645 g/mol. The summed E-state index contributed by atoms with van der Waals surface area (Å²) in [6.45, 7) is 1.45. The zero-order valence-corrected chi connectivity index (χ0v) is 25.2. The molecule has 2 fully saturated rings. The quantitative estimate of drug-likeness (QED) is 0.186. The second kappa shape index (κ2) is 11.6. The van der Waals surface area contributed by atoms with Gasteiger partial charge in [0, 0.05) is 22.7 Å². The van der Waals surface area contributed by atoms with Gasteiger partial charge in [0.25, 0.3) is 5.91 Å². The highest BCUT2D eigenvalue weighted by Crippen LogP contribution is 2.47. The Hall–Kier alpha value is -3.80. The van der Waals surface area contributed by atoms with Crippen molar-refractivity contribution < 1.29 is 28.2 Å². The molecule has 2 aromatic heterocycles. The highest BCUT2D eigenvalue weighted by atomic mass is 35.5. The first-order valence-electron chi connectivity index (χ1n) is 14.3. The number of pyridine rings is 1. The number of ether oxygens (including phenoxy) is 1. The summed E-state index contributed by atoms with van der Waals surface area (Å²) in [5.74, 6) is -3.68. The van der Waals surface area contributed by atoms with E-state index in [2.05, 4.69) is 15.4 Å². The fourth-order valence-corrected chi connectivity index (χ4v) is 5.86. The van der Waals surface area contributed by atoms with Crippen molar-refractivity contribution in [2.24, 2.45) is 11.7 Å². The third-order valence-corrected chi connectivity index (χ3v) is 8.54. The fraction of sp³-hybridized carbons (Fsp3) is 0.355. The summed E-state index contributed by atoms with van der Waals surface area (Å²) in [5.41, 5.74) is 3.92. The van der Waals surface area contributed by atoms with Gasteiger partial charge in [0.1, 0.15) is 28.4 Å². The van der Waals surface area contributed by atoms with Crippen LogP contribution in [0.5, 0.6) is 5.75 Å². The molecule has 0 spiro atoms. The van der Waals surface area contributed by atoms with E-state index in [-0.39, 0.29) is 58.8 Å². The smallest absolute Gasteiger partial charge is 0.251 e. The van der Waals surface area contributed by atoms with E-state index in [0.717, 1.165) is 25.0 Å². The molecule has 13 heteroatoms. The fourth-order valence-electron chi connectivity index (χ4n) is 5.44. The van der Waals surface area contributed by atoms with Crippen LogP contribution in [-0.4, -0.2) is 44.8 Å². The van der Waals surface area contributed by atoms with Crippen molar-refractivity contribution >= 4 is 45.9 Å². The Morgan fingerprint density at radius 3 is 2.57 bits per heavy atom. The number of benzene rings is 2. The first kappa shape index (κ1) is 30.2. The van der Waals surface area contributed by atoms with E-state index in [0.29, 0.717) is 34.8 Å². The second-order valence-corrected chi connectivity index (χ2v) is 12.1. The first-order chi connectivity index (χ1) is 21.0. The lowest BCUT2D eigenvalue weighted by atomic mass is 9.90. The number of rotatable bonds is 11. The molecule has 0 bridgehead atoms. The summed E-state index contributed by atoms with van der Waals surface area (Å²) in [4.78, 5) is 29.9. The Bertz CT molecular complexity index is 1810. The number of fused-ring (bicyclic) bond motifs is 1. The zero-order chi connectivity index (χ0) is 31.3. The normalized spacial score (nSPS) is 16.1. The monoisotopic (exact) mass is 643 g/mol. The van der Waals surface area contributed by atoms with Crippen LogP contribution in [0.1, 0.15) is 60.3 Å². The maximum atomic E-state index is 15.3. The average Bonchev–Trinajstić information content (AvgIpc) is 3.92. The van der Waals surface area contributed by atoms with Gasteiger partial charge in [0.2, 0.25) is 5.91 Å². The predicted molar refractivity (Wildman–Crippen MR) is 161 cm³/mol. The van der Waals surface area contributed by atoms with Gasteiger partial charge in [-0.25, -0.2) is 13.8 Å². The number of nitrogens with two attached hydrogens (primary N) is 1. The van der Waals surface area contributed by atoms with Crippen LogP contribution in [0, 0.1) is 17.6 Å². The molecular formula is C31H29Cl2F2N5O4. The van der Waals surface area contributed by atoms with E-state index in [1.165, 1.54) is 12.1 Å². The van der Waals surface area contributed by atoms with Crippen molar-refractivity contribution in [2.45, 2.75) is 50.7 Å².